The van der Waals surface area contributed by atoms with Crippen molar-refractivity contribution < 1.29 is 14.4 Å². The maximum Gasteiger partial charge on any atom is 0.242 e. The summed E-state index contributed by atoms with van der Waals surface area (Å²) < 4.78 is 0. The van der Waals surface area contributed by atoms with Crippen LogP contribution < -0.4 is 10.6 Å². The smallest absolute Gasteiger partial charge is 0.242 e. The minimum Gasteiger partial charge on any atom is -0.354 e. The molecule has 2 saturated heterocycles. The van der Waals surface area contributed by atoms with Crippen molar-refractivity contribution in [1.82, 2.24) is 15.5 Å². The Morgan fingerprint density at radius 2 is 2.14 bits per heavy atom. The Morgan fingerprint density at radius 1 is 1.33 bits per heavy atom. The lowest BCUT2D eigenvalue weighted by molar-refractivity contribution is -0.137. The van der Waals surface area contributed by atoms with Crippen LogP contribution in [0.4, 0.5) is 0 Å². The molecule has 0 aromatic carbocycles. The van der Waals surface area contributed by atoms with E-state index >= 15 is 0 Å². The number of hydrogen-bond donors (Lipinski definition) is 2. The second-order valence-corrected chi connectivity index (χ2v) is 5.92. The van der Waals surface area contributed by atoms with Crippen LogP contribution in [0, 0.1) is 5.92 Å². The number of nitrogens with one attached hydrogen (secondary N) is 2. The lowest BCUT2D eigenvalue weighted by atomic mass is 9.95. The quantitative estimate of drug-likeness (QED) is 0.789. The van der Waals surface area contributed by atoms with Gasteiger partial charge in [-0.3, -0.25) is 14.4 Å². The highest BCUT2D eigenvalue weighted by atomic mass is 16.2. The first-order chi connectivity index (χ1) is 10.1. The van der Waals surface area contributed by atoms with E-state index in [4.69, 9.17) is 0 Å². The lowest BCUT2D eigenvalue weighted by Gasteiger charge is -2.33. The zero-order valence-electron chi connectivity index (χ0n) is 12.7. The number of rotatable bonds is 4. The third kappa shape index (κ3) is 4.19. The molecule has 2 heterocycles. The molecule has 0 aromatic rings. The third-order valence-corrected chi connectivity index (χ3v) is 4.21. The Hall–Kier alpha value is -1.59. The van der Waals surface area contributed by atoms with E-state index in [0.29, 0.717) is 25.9 Å². The minimum absolute atomic E-state index is 0.0916. The molecular formula is C15H25N3O3. The van der Waals surface area contributed by atoms with Gasteiger partial charge in [0.25, 0.3) is 0 Å². The number of hydrogen-bond acceptors (Lipinski definition) is 3. The monoisotopic (exact) mass is 295 g/mol. The summed E-state index contributed by atoms with van der Waals surface area (Å²) in [4.78, 5) is 37.7. The second kappa shape index (κ2) is 7.43. The Bertz CT molecular complexity index is 411. The van der Waals surface area contributed by atoms with Crippen LogP contribution in [-0.4, -0.2) is 48.3 Å². The first-order valence-electron chi connectivity index (χ1n) is 7.97. The van der Waals surface area contributed by atoms with Crippen LogP contribution in [0.3, 0.4) is 0 Å². The molecule has 6 heteroatoms. The number of amides is 3. The van der Waals surface area contributed by atoms with Crippen LogP contribution in [0.25, 0.3) is 0 Å². The van der Waals surface area contributed by atoms with Crippen LogP contribution in [-0.2, 0) is 14.4 Å². The van der Waals surface area contributed by atoms with E-state index in [1.807, 2.05) is 6.92 Å². The molecule has 0 aliphatic carbocycles. The average Bonchev–Trinajstić information content (AvgIpc) is 2.50. The number of piperidine rings is 2. The Labute approximate surface area is 125 Å². The fourth-order valence-electron chi connectivity index (χ4n) is 2.99. The standard InChI is InChI=1S/C15H25N3O3/c1-2-5-13(19)18-9-4-6-11(10-18)14(20)17-12-7-3-8-16-15(12)21/h11-12H,2-10H2,1H3,(H,16,21)(H,17,20). The van der Waals surface area contributed by atoms with E-state index in [2.05, 4.69) is 10.6 Å². The number of carbonyl (C=O) groups excluding carboxylic acids is 3. The number of nitrogens with zero attached hydrogens (tertiary/aromatic N) is 1. The van der Waals surface area contributed by atoms with Crippen LogP contribution >= 0.6 is 0 Å². The van der Waals surface area contributed by atoms with Gasteiger partial charge >= 0.3 is 0 Å². The normalized spacial score (nSPS) is 26.1. The van der Waals surface area contributed by atoms with Gasteiger partial charge in [-0.15, -0.1) is 0 Å². The molecule has 2 N–H and O–H groups in total. The van der Waals surface area contributed by atoms with Gasteiger partial charge < -0.3 is 15.5 Å². The predicted molar refractivity (Wildman–Crippen MR) is 78.4 cm³/mol. The summed E-state index contributed by atoms with van der Waals surface area (Å²) in [6.45, 7) is 3.90. The summed E-state index contributed by atoms with van der Waals surface area (Å²) >= 11 is 0. The summed E-state index contributed by atoms with van der Waals surface area (Å²) in [6, 6.07) is -0.409. The highest BCUT2D eigenvalue weighted by molar-refractivity contribution is 5.89. The maximum atomic E-state index is 12.3. The van der Waals surface area contributed by atoms with Gasteiger partial charge in [0, 0.05) is 26.1 Å². The Kier molecular flexibility index (Phi) is 5.59. The first-order valence-corrected chi connectivity index (χ1v) is 7.97. The number of carbonyl (C=O) groups is 3. The molecule has 21 heavy (non-hydrogen) atoms. The van der Waals surface area contributed by atoms with E-state index < -0.39 is 6.04 Å². The molecular weight excluding hydrogens is 270 g/mol. The van der Waals surface area contributed by atoms with Crippen molar-refractivity contribution in [2.24, 2.45) is 5.92 Å². The molecule has 2 unspecified atom stereocenters. The first kappa shape index (κ1) is 15.8. The van der Waals surface area contributed by atoms with Gasteiger partial charge in [-0.1, -0.05) is 6.92 Å². The molecule has 0 radical (unpaired) electrons. The summed E-state index contributed by atoms with van der Waals surface area (Å²) in [7, 11) is 0. The highest BCUT2D eigenvalue weighted by Crippen LogP contribution is 2.18. The molecule has 0 spiro atoms. The van der Waals surface area contributed by atoms with Crippen molar-refractivity contribution in [3.63, 3.8) is 0 Å². The molecule has 118 valence electrons. The molecule has 2 aliphatic heterocycles. The highest BCUT2D eigenvalue weighted by Gasteiger charge is 2.31. The van der Waals surface area contributed by atoms with Crippen molar-refractivity contribution in [1.29, 1.82) is 0 Å². The Morgan fingerprint density at radius 3 is 2.86 bits per heavy atom. The molecule has 0 saturated carbocycles. The summed E-state index contributed by atoms with van der Waals surface area (Å²) in [5.41, 5.74) is 0. The van der Waals surface area contributed by atoms with E-state index in [-0.39, 0.29) is 23.6 Å². The van der Waals surface area contributed by atoms with E-state index in [1.165, 1.54) is 0 Å². The summed E-state index contributed by atoms with van der Waals surface area (Å²) in [5, 5.41) is 5.61. The van der Waals surface area contributed by atoms with Gasteiger partial charge in [-0.25, -0.2) is 0 Å². The Balaban J connectivity index is 1.86. The van der Waals surface area contributed by atoms with Crippen molar-refractivity contribution in [3.8, 4) is 0 Å². The fraction of sp³-hybridized carbons (Fsp3) is 0.800. The third-order valence-electron chi connectivity index (χ3n) is 4.21. The van der Waals surface area contributed by atoms with Crippen molar-refractivity contribution >= 4 is 17.7 Å². The lowest BCUT2D eigenvalue weighted by Crippen LogP contribution is -2.53. The van der Waals surface area contributed by atoms with Crippen molar-refractivity contribution in [3.05, 3.63) is 0 Å². The number of likely N-dealkylation sites (tertiary alicyclic amines) is 1. The molecule has 2 atom stereocenters. The zero-order valence-corrected chi connectivity index (χ0v) is 12.7. The molecule has 0 aromatic heterocycles. The minimum atomic E-state index is -0.409. The van der Waals surface area contributed by atoms with Gasteiger partial charge in [0.1, 0.15) is 6.04 Å². The van der Waals surface area contributed by atoms with E-state index in [1.54, 1.807) is 4.90 Å². The zero-order chi connectivity index (χ0) is 15.2. The summed E-state index contributed by atoms with van der Waals surface area (Å²) in [5.74, 6) is -0.241. The van der Waals surface area contributed by atoms with Gasteiger partial charge in [0.2, 0.25) is 17.7 Å². The molecule has 0 bridgehead atoms. The summed E-state index contributed by atoms with van der Waals surface area (Å²) in [6.07, 6.45) is 4.60. The van der Waals surface area contributed by atoms with Gasteiger partial charge in [-0.05, 0) is 32.1 Å². The topological polar surface area (TPSA) is 78.5 Å². The van der Waals surface area contributed by atoms with Crippen LogP contribution in [0.5, 0.6) is 0 Å². The molecule has 3 amide bonds. The SMILES string of the molecule is CCCC(=O)N1CCCC(C(=O)NC2CCCNC2=O)C1. The fourth-order valence-corrected chi connectivity index (χ4v) is 2.99. The molecule has 6 nitrogen and oxygen atoms in total. The van der Waals surface area contributed by atoms with Crippen molar-refractivity contribution in [2.75, 3.05) is 19.6 Å². The second-order valence-electron chi connectivity index (χ2n) is 5.92. The van der Waals surface area contributed by atoms with Crippen LogP contribution in [0.2, 0.25) is 0 Å². The van der Waals surface area contributed by atoms with Crippen molar-refractivity contribution in [2.45, 2.75) is 51.5 Å². The molecule has 2 aliphatic rings. The van der Waals surface area contributed by atoms with Gasteiger partial charge in [0.05, 0.1) is 5.92 Å². The molecule has 2 fully saturated rings. The maximum absolute atomic E-state index is 12.3. The van der Waals surface area contributed by atoms with Gasteiger partial charge in [0.15, 0.2) is 0 Å². The van der Waals surface area contributed by atoms with Gasteiger partial charge in [-0.2, -0.15) is 0 Å². The van der Waals surface area contributed by atoms with Crippen LogP contribution in [0.15, 0.2) is 0 Å². The van der Waals surface area contributed by atoms with Crippen LogP contribution in [0.1, 0.15) is 45.4 Å². The largest absolute Gasteiger partial charge is 0.354 e. The predicted octanol–water partition coefficient (Wildman–Crippen LogP) is 0.420. The average molecular weight is 295 g/mol. The van der Waals surface area contributed by atoms with E-state index in [9.17, 15) is 14.4 Å². The molecule has 2 rings (SSSR count). The van der Waals surface area contributed by atoms with E-state index in [0.717, 1.165) is 32.2 Å².